The Hall–Kier alpha value is -0.360. The van der Waals surface area contributed by atoms with Gasteiger partial charge in [-0.3, -0.25) is 4.79 Å². The first-order chi connectivity index (χ1) is 10.3. The van der Waals surface area contributed by atoms with E-state index in [0.717, 1.165) is 25.1 Å². The minimum absolute atomic E-state index is 0. The quantitative estimate of drug-likeness (QED) is 0.897. The van der Waals surface area contributed by atoms with Gasteiger partial charge in [0.05, 0.1) is 4.58 Å². The van der Waals surface area contributed by atoms with E-state index in [1.807, 2.05) is 47.6 Å². The second-order valence-corrected chi connectivity index (χ2v) is 8.34. The van der Waals surface area contributed by atoms with Crippen molar-refractivity contribution in [3.63, 3.8) is 0 Å². The van der Waals surface area contributed by atoms with Gasteiger partial charge >= 0.3 is 0 Å². The van der Waals surface area contributed by atoms with Crippen LogP contribution in [0.3, 0.4) is 0 Å². The monoisotopic (exact) mass is 358 g/mol. The van der Waals surface area contributed by atoms with Crippen molar-refractivity contribution < 1.29 is 4.79 Å². The number of nitrogens with one attached hydrogen (secondary N) is 1. The number of carbonyl (C=O) groups excluding carboxylic acids is 1. The molecule has 0 aromatic heterocycles. The molecule has 6 heteroatoms. The lowest BCUT2D eigenvalue weighted by Gasteiger charge is -2.24. The summed E-state index contributed by atoms with van der Waals surface area (Å²) in [5, 5.41) is 3.31. The Morgan fingerprint density at radius 2 is 1.91 bits per heavy atom. The minimum atomic E-state index is 0. The summed E-state index contributed by atoms with van der Waals surface area (Å²) in [5.41, 5.74) is 2.14. The van der Waals surface area contributed by atoms with E-state index in [0.29, 0.717) is 10.6 Å². The Kier molecular flexibility index (Phi) is 6.93. The van der Waals surface area contributed by atoms with Gasteiger partial charge in [-0.05, 0) is 48.6 Å². The normalized spacial score (nSPS) is 22.1. The maximum absolute atomic E-state index is 12.5. The van der Waals surface area contributed by atoms with E-state index >= 15 is 0 Å². The van der Waals surface area contributed by atoms with Crippen LogP contribution in [0, 0.1) is 0 Å². The predicted molar refractivity (Wildman–Crippen MR) is 99.3 cm³/mol. The van der Waals surface area contributed by atoms with Crippen LogP contribution in [0.4, 0.5) is 0 Å². The lowest BCUT2D eigenvalue weighted by molar-refractivity contribution is 0.0744. The van der Waals surface area contributed by atoms with Crippen molar-refractivity contribution in [2.75, 3.05) is 31.6 Å². The summed E-state index contributed by atoms with van der Waals surface area (Å²) in [7, 11) is 1.92. The van der Waals surface area contributed by atoms with Crippen molar-refractivity contribution in [3.8, 4) is 0 Å². The molecule has 0 bridgehead atoms. The van der Waals surface area contributed by atoms with E-state index in [2.05, 4.69) is 17.4 Å². The number of hydrogen-bond acceptors (Lipinski definition) is 4. The highest BCUT2D eigenvalue weighted by Crippen LogP contribution is 2.43. The summed E-state index contributed by atoms with van der Waals surface area (Å²) in [6.07, 6.45) is 2.36. The fourth-order valence-electron chi connectivity index (χ4n) is 2.80. The molecule has 0 radical (unpaired) electrons. The van der Waals surface area contributed by atoms with Gasteiger partial charge in [0, 0.05) is 25.2 Å². The van der Waals surface area contributed by atoms with E-state index in [9.17, 15) is 4.79 Å². The number of rotatable bonds is 3. The summed E-state index contributed by atoms with van der Waals surface area (Å²) in [6, 6.07) is 8.58. The molecule has 0 saturated carbocycles. The smallest absolute Gasteiger partial charge is 0.253 e. The fourth-order valence-corrected chi connectivity index (χ4v) is 5.70. The zero-order chi connectivity index (χ0) is 14.7. The molecule has 1 amide bonds. The molecule has 3 rings (SSSR count). The molecule has 22 heavy (non-hydrogen) atoms. The minimum Gasteiger partial charge on any atom is -0.337 e. The van der Waals surface area contributed by atoms with Crippen molar-refractivity contribution >= 4 is 41.8 Å². The number of benzene rings is 1. The van der Waals surface area contributed by atoms with Gasteiger partial charge in [0.1, 0.15) is 0 Å². The zero-order valence-corrected chi connectivity index (χ0v) is 15.2. The lowest BCUT2D eigenvalue weighted by Crippen LogP contribution is -2.38. The first kappa shape index (κ1) is 18.0. The number of nitrogens with zero attached hydrogens (tertiary/aromatic N) is 1. The Balaban J connectivity index is 0.00000176. The standard InChI is InChI=1S/C16H22N2OS2.ClH/c1-18(14-7-8-17-11-14)15(19)12-3-5-13(6-4-12)16-20-9-2-10-21-16;/h3-6,14,16-17H,2,7-11H2,1H3;1H. The number of thioether (sulfide) groups is 2. The summed E-state index contributed by atoms with van der Waals surface area (Å²) < 4.78 is 0.541. The SMILES string of the molecule is CN(C(=O)c1ccc(C2SCCCS2)cc1)C1CCNC1.Cl. The number of amides is 1. The average Bonchev–Trinajstić information content (AvgIpc) is 3.09. The number of likely N-dealkylation sites (N-methyl/N-ethyl adjacent to an activating group) is 1. The van der Waals surface area contributed by atoms with Crippen molar-refractivity contribution in [1.82, 2.24) is 10.2 Å². The lowest BCUT2D eigenvalue weighted by atomic mass is 10.1. The van der Waals surface area contributed by atoms with E-state index in [1.165, 1.54) is 23.5 Å². The Morgan fingerprint density at radius 3 is 2.50 bits per heavy atom. The third kappa shape index (κ3) is 4.13. The second-order valence-electron chi connectivity index (χ2n) is 5.61. The topological polar surface area (TPSA) is 32.3 Å². The van der Waals surface area contributed by atoms with Crippen LogP contribution in [0.2, 0.25) is 0 Å². The van der Waals surface area contributed by atoms with E-state index in [4.69, 9.17) is 0 Å². The highest BCUT2D eigenvalue weighted by molar-refractivity contribution is 8.16. The van der Waals surface area contributed by atoms with Crippen molar-refractivity contribution in [1.29, 1.82) is 0 Å². The maximum Gasteiger partial charge on any atom is 0.253 e. The van der Waals surface area contributed by atoms with Gasteiger partial charge in [0.15, 0.2) is 0 Å². The molecule has 0 spiro atoms. The number of hydrogen-bond donors (Lipinski definition) is 1. The van der Waals surface area contributed by atoms with Gasteiger partial charge in [0.2, 0.25) is 0 Å². The van der Waals surface area contributed by atoms with Crippen molar-refractivity contribution in [3.05, 3.63) is 35.4 Å². The van der Waals surface area contributed by atoms with Crippen LogP contribution in [-0.4, -0.2) is 48.5 Å². The fraction of sp³-hybridized carbons (Fsp3) is 0.562. The molecule has 1 atom stereocenters. The summed E-state index contributed by atoms with van der Waals surface area (Å²) in [6.45, 7) is 1.92. The summed E-state index contributed by atoms with van der Waals surface area (Å²) >= 11 is 4.03. The molecule has 2 aliphatic rings. The largest absolute Gasteiger partial charge is 0.337 e. The van der Waals surface area contributed by atoms with Crippen LogP contribution in [0.5, 0.6) is 0 Å². The van der Waals surface area contributed by atoms with Crippen LogP contribution in [-0.2, 0) is 0 Å². The van der Waals surface area contributed by atoms with Gasteiger partial charge in [-0.15, -0.1) is 35.9 Å². The van der Waals surface area contributed by atoms with E-state index in [1.54, 1.807) is 0 Å². The van der Waals surface area contributed by atoms with E-state index < -0.39 is 0 Å². The molecular formula is C16H23ClN2OS2. The van der Waals surface area contributed by atoms with Gasteiger partial charge in [-0.25, -0.2) is 0 Å². The molecule has 0 aliphatic carbocycles. The Morgan fingerprint density at radius 1 is 1.23 bits per heavy atom. The van der Waals surface area contributed by atoms with Crippen molar-refractivity contribution in [2.45, 2.75) is 23.5 Å². The first-order valence-electron chi connectivity index (χ1n) is 7.57. The van der Waals surface area contributed by atoms with Crippen LogP contribution in [0.1, 0.15) is 33.3 Å². The molecule has 1 aromatic carbocycles. The maximum atomic E-state index is 12.5. The van der Waals surface area contributed by atoms with Crippen LogP contribution >= 0.6 is 35.9 Å². The predicted octanol–water partition coefficient (Wildman–Crippen LogP) is 3.41. The highest BCUT2D eigenvalue weighted by Gasteiger charge is 2.24. The van der Waals surface area contributed by atoms with Gasteiger partial charge in [-0.2, -0.15) is 0 Å². The molecule has 3 nitrogen and oxygen atoms in total. The third-order valence-electron chi connectivity index (χ3n) is 4.16. The molecule has 2 heterocycles. The molecule has 122 valence electrons. The van der Waals surface area contributed by atoms with E-state index in [-0.39, 0.29) is 18.3 Å². The number of halogens is 1. The molecule has 1 aromatic rings. The first-order valence-corrected chi connectivity index (χ1v) is 9.66. The summed E-state index contributed by atoms with van der Waals surface area (Å²) in [5.74, 6) is 2.63. The third-order valence-corrected chi connectivity index (χ3v) is 7.17. The molecular weight excluding hydrogens is 336 g/mol. The van der Waals surface area contributed by atoms with Gasteiger partial charge in [-0.1, -0.05) is 12.1 Å². The van der Waals surface area contributed by atoms with Crippen LogP contribution in [0.25, 0.3) is 0 Å². The van der Waals surface area contributed by atoms with Crippen LogP contribution in [0.15, 0.2) is 24.3 Å². The Labute approximate surface area is 147 Å². The molecule has 1 N–H and O–H groups in total. The highest BCUT2D eigenvalue weighted by atomic mass is 35.5. The Bertz CT molecular complexity index is 485. The van der Waals surface area contributed by atoms with Gasteiger partial charge in [0.25, 0.3) is 5.91 Å². The van der Waals surface area contributed by atoms with Crippen LogP contribution < -0.4 is 5.32 Å². The molecule has 2 saturated heterocycles. The van der Waals surface area contributed by atoms with Gasteiger partial charge < -0.3 is 10.2 Å². The second kappa shape index (κ2) is 8.48. The van der Waals surface area contributed by atoms with Crippen molar-refractivity contribution in [2.24, 2.45) is 0 Å². The molecule has 1 unspecified atom stereocenters. The molecule has 2 fully saturated rings. The molecule has 2 aliphatic heterocycles. The average molecular weight is 359 g/mol. The zero-order valence-electron chi connectivity index (χ0n) is 12.8. The number of carbonyl (C=O) groups is 1. The summed E-state index contributed by atoms with van der Waals surface area (Å²) in [4.78, 5) is 14.4.